The third-order valence-electron chi connectivity index (χ3n) is 6.18. The summed E-state index contributed by atoms with van der Waals surface area (Å²) in [5.74, 6) is -0.236. The number of carbonyl (C=O) groups is 2. The molecule has 0 fully saturated rings. The number of unbranched alkanes of at least 4 members (excludes halogenated alkanes) is 1. The summed E-state index contributed by atoms with van der Waals surface area (Å²) in [5, 5.41) is 3.50. The van der Waals surface area contributed by atoms with Crippen molar-refractivity contribution in [3.8, 4) is 0 Å². The number of amides is 2. The third-order valence-corrected chi connectivity index (χ3v) is 6.18. The van der Waals surface area contributed by atoms with Crippen molar-refractivity contribution in [3.63, 3.8) is 0 Å². The molecule has 156 valence electrons. The van der Waals surface area contributed by atoms with Gasteiger partial charge in [0.15, 0.2) is 0 Å². The fraction of sp³-hybridized carbons (Fsp3) is 0.231. The van der Waals surface area contributed by atoms with Crippen LogP contribution in [0.1, 0.15) is 41.3 Å². The Bertz CT molecular complexity index is 1140. The van der Waals surface area contributed by atoms with E-state index in [4.69, 9.17) is 0 Å². The predicted molar refractivity (Wildman–Crippen MR) is 122 cm³/mol. The van der Waals surface area contributed by atoms with Crippen LogP contribution in [0.2, 0.25) is 0 Å². The molecule has 31 heavy (non-hydrogen) atoms. The monoisotopic (exact) mass is 411 g/mol. The molecule has 1 atom stereocenters. The lowest BCUT2D eigenvalue weighted by Gasteiger charge is -2.45. The molecule has 5 rings (SSSR count). The van der Waals surface area contributed by atoms with Crippen molar-refractivity contribution in [1.29, 1.82) is 0 Å². The van der Waals surface area contributed by atoms with Gasteiger partial charge < -0.3 is 10.2 Å². The van der Waals surface area contributed by atoms with Crippen molar-refractivity contribution in [2.24, 2.45) is 0 Å². The van der Waals surface area contributed by atoms with E-state index in [9.17, 15) is 9.59 Å². The van der Waals surface area contributed by atoms with Gasteiger partial charge in [0, 0.05) is 24.3 Å². The quantitative estimate of drug-likeness (QED) is 0.659. The van der Waals surface area contributed by atoms with E-state index in [1.54, 1.807) is 4.90 Å². The Morgan fingerprint density at radius 1 is 0.871 bits per heavy atom. The molecule has 0 aliphatic carbocycles. The van der Waals surface area contributed by atoms with Gasteiger partial charge in [0.25, 0.3) is 11.8 Å². The van der Waals surface area contributed by atoms with Crippen LogP contribution >= 0.6 is 0 Å². The van der Waals surface area contributed by atoms with E-state index >= 15 is 0 Å². The van der Waals surface area contributed by atoms with Crippen molar-refractivity contribution in [1.82, 2.24) is 4.90 Å². The topological polar surface area (TPSA) is 52.7 Å². The first-order valence-corrected chi connectivity index (χ1v) is 10.8. The molecule has 5 heteroatoms. The second-order valence-electron chi connectivity index (χ2n) is 8.09. The van der Waals surface area contributed by atoms with Crippen LogP contribution in [-0.4, -0.2) is 23.3 Å². The highest BCUT2D eigenvalue weighted by molar-refractivity contribution is 6.15. The lowest BCUT2D eigenvalue weighted by Crippen LogP contribution is -2.62. The van der Waals surface area contributed by atoms with Crippen LogP contribution in [0.3, 0.4) is 0 Å². The number of rotatable bonds is 5. The number of fused-ring (bicyclic) bond motifs is 3. The van der Waals surface area contributed by atoms with Crippen LogP contribution in [0.25, 0.3) is 0 Å². The second-order valence-corrected chi connectivity index (χ2v) is 8.09. The van der Waals surface area contributed by atoms with Crippen LogP contribution in [-0.2, 0) is 17.0 Å². The molecular weight excluding hydrogens is 386 g/mol. The fourth-order valence-corrected chi connectivity index (χ4v) is 4.65. The van der Waals surface area contributed by atoms with Crippen molar-refractivity contribution >= 4 is 23.2 Å². The summed E-state index contributed by atoms with van der Waals surface area (Å²) in [7, 11) is 0. The largest absolute Gasteiger partial charge is 0.350 e. The number of para-hydroxylation sites is 2. The summed E-state index contributed by atoms with van der Waals surface area (Å²) >= 11 is 0. The molecule has 2 aliphatic rings. The van der Waals surface area contributed by atoms with E-state index < -0.39 is 5.66 Å². The summed E-state index contributed by atoms with van der Waals surface area (Å²) in [6.07, 6.45) is 1.89. The van der Waals surface area contributed by atoms with Crippen LogP contribution < -0.4 is 10.2 Å². The smallest absolute Gasteiger partial charge is 0.278 e. The van der Waals surface area contributed by atoms with E-state index in [1.165, 1.54) is 0 Å². The lowest BCUT2D eigenvalue weighted by molar-refractivity contribution is -0.127. The number of hydrogen-bond acceptors (Lipinski definition) is 3. The van der Waals surface area contributed by atoms with Gasteiger partial charge in [0.1, 0.15) is 0 Å². The fourth-order valence-electron chi connectivity index (χ4n) is 4.65. The Kier molecular flexibility index (Phi) is 4.74. The molecule has 1 spiro atoms. The molecule has 5 nitrogen and oxygen atoms in total. The molecule has 0 saturated heterocycles. The average molecular weight is 412 g/mol. The van der Waals surface area contributed by atoms with E-state index in [0.717, 1.165) is 29.7 Å². The second kappa shape index (κ2) is 7.58. The third kappa shape index (κ3) is 2.92. The number of nitrogens with zero attached hydrogens (tertiary/aromatic N) is 2. The predicted octanol–water partition coefficient (Wildman–Crippen LogP) is 4.75. The van der Waals surface area contributed by atoms with Gasteiger partial charge in [0.05, 0.1) is 11.3 Å². The molecule has 0 bridgehead atoms. The van der Waals surface area contributed by atoms with Gasteiger partial charge in [-0.05, 0) is 30.2 Å². The summed E-state index contributed by atoms with van der Waals surface area (Å²) in [4.78, 5) is 31.4. The van der Waals surface area contributed by atoms with Crippen LogP contribution in [0, 0.1) is 0 Å². The van der Waals surface area contributed by atoms with Gasteiger partial charge in [-0.3, -0.25) is 14.5 Å². The number of carbonyl (C=O) groups excluding carboxylic acids is 2. The number of hydrogen-bond donors (Lipinski definition) is 1. The number of nitrogens with one attached hydrogen (secondary N) is 1. The summed E-state index contributed by atoms with van der Waals surface area (Å²) < 4.78 is 0. The molecule has 0 aromatic heterocycles. The summed E-state index contributed by atoms with van der Waals surface area (Å²) in [6.45, 7) is 3.08. The molecular formula is C26H25N3O2. The van der Waals surface area contributed by atoms with Gasteiger partial charge in [-0.1, -0.05) is 74.0 Å². The van der Waals surface area contributed by atoms with Gasteiger partial charge in [-0.2, -0.15) is 0 Å². The molecule has 0 unspecified atom stereocenters. The Morgan fingerprint density at radius 3 is 2.39 bits per heavy atom. The standard InChI is InChI=1S/C26H25N3O2/c1-2-3-17-28-23-16-10-8-14-21(23)26(25(28)31)27-22-15-9-7-13-20(22)24(30)29(26)18-19-11-5-4-6-12-19/h4-16,27H,2-3,17-18H2,1H3/t26-/m0/s1. The average Bonchev–Trinajstić information content (AvgIpc) is 3.04. The molecule has 0 radical (unpaired) electrons. The maximum atomic E-state index is 14.1. The summed E-state index contributed by atoms with van der Waals surface area (Å²) in [6, 6.07) is 25.1. The van der Waals surface area contributed by atoms with Crippen LogP contribution in [0.15, 0.2) is 78.9 Å². The Labute approximate surface area is 182 Å². The normalized spacial score (nSPS) is 19.4. The minimum absolute atomic E-state index is 0.0964. The van der Waals surface area contributed by atoms with E-state index in [1.807, 2.05) is 83.8 Å². The molecule has 0 saturated carbocycles. The van der Waals surface area contributed by atoms with Crippen LogP contribution in [0.5, 0.6) is 0 Å². The van der Waals surface area contributed by atoms with Crippen molar-refractivity contribution in [3.05, 3.63) is 95.6 Å². The van der Waals surface area contributed by atoms with E-state index in [-0.39, 0.29) is 11.8 Å². The SMILES string of the molecule is CCCCN1C(=O)[C@]2(Nc3ccccc3C(=O)N2Cc2ccccc2)c2ccccc21. The van der Waals surface area contributed by atoms with Crippen molar-refractivity contribution in [2.45, 2.75) is 32.0 Å². The molecule has 2 amide bonds. The zero-order valence-electron chi connectivity index (χ0n) is 17.5. The highest BCUT2D eigenvalue weighted by atomic mass is 16.2. The van der Waals surface area contributed by atoms with Gasteiger partial charge in [-0.25, -0.2) is 0 Å². The molecule has 2 aliphatic heterocycles. The first-order valence-electron chi connectivity index (χ1n) is 10.8. The highest BCUT2D eigenvalue weighted by Crippen LogP contribution is 2.48. The molecule has 2 heterocycles. The first kappa shape index (κ1) is 19.4. The highest BCUT2D eigenvalue weighted by Gasteiger charge is 2.58. The van der Waals surface area contributed by atoms with E-state index in [2.05, 4.69) is 12.2 Å². The van der Waals surface area contributed by atoms with Crippen LogP contribution in [0.4, 0.5) is 11.4 Å². The van der Waals surface area contributed by atoms with Gasteiger partial charge >= 0.3 is 0 Å². The number of anilines is 2. The zero-order valence-corrected chi connectivity index (χ0v) is 17.5. The van der Waals surface area contributed by atoms with Crippen molar-refractivity contribution in [2.75, 3.05) is 16.8 Å². The number of benzene rings is 3. The molecule has 1 N–H and O–H groups in total. The maximum Gasteiger partial charge on any atom is 0.278 e. The molecule has 3 aromatic carbocycles. The van der Waals surface area contributed by atoms with Gasteiger partial charge in [0.2, 0.25) is 5.66 Å². The van der Waals surface area contributed by atoms with Gasteiger partial charge in [-0.15, -0.1) is 0 Å². The van der Waals surface area contributed by atoms with Crippen molar-refractivity contribution < 1.29 is 9.59 Å². The Balaban J connectivity index is 1.70. The lowest BCUT2D eigenvalue weighted by atomic mass is 9.92. The zero-order chi connectivity index (χ0) is 21.4. The summed E-state index contributed by atoms with van der Waals surface area (Å²) in [5.41, 5.74) is 2.70. The first-order chi connectivity index (χ1) is 15.2. The van der Waals surface area contributed by atoms with E-state index in [0.29, 0.717) is 24.3 Å². The minimum Gasteiger partial charge on any atom is -0.350 e. The molecule has 3 aromatic rings. The Morgan fingerprint density at radius 2 is 1.58 bits per heavy atom. The maximum absolute atomic E-state index is 14.1. The minimum atomic E-state index is -1.26. The Hall–Kier alpha value is -3.60.